The summed E-state index contributed by atoms with van der Waals surface area (Å²) in [4.78, 5) is 14.9. The van der Waals surface area contributed by atoms with E-state index in [4.69, 9.17) is 0 Å². The smallest absolute Gasteiger partial charge is 0.225 e. The summed E-state index contributed by atoms with van der Waals surface area (Å²) in [5.41, 5.74) is 2.06. The molecule has 5 nitrogen and oxygen atoms in total. The Kier molecular flexibility index (Phi) is 5.68. The maximum atomic E-state index is 14.3. The first-order valence-electron chi connectivity index (χ1n) is 10.7. The third kappa shape index (κ3) is 4.53. The molecule has 1 aliphatic heterocycles. The molecule has 2 aliphatic rings. The minimum absolute atomic E-state index is 0.0411. The molecular weight excluding hydrogens is 415 g/mol. The van der Waals surface area contributed by atoms with Gasteiger partial charge in [0, 0.05) is 29.5 Å². The van der Waals surface area contributed by atoms with E-state index < -0.39 is 10.0 Å². The average molecular weight is 445 g/mol. The highest BCUT2D eigenvalue weighted by atomic mass is 32.2. The van der Waals surface area contributed by atoms with Gasteiger partial charge in [0.1, 0.15) is 5.82 Å². The highest BCUT2D eigenvalue weighted by molar-refractivity contribution is 7.88. The number of halogens is 1. The molecule has 1 aliphatic carbocycles. The number of hydrogen-bond donors (Lipinski definition) is 1. The zero-order valence-electron chi connectivity index (χ0n) is 18.1. The summed E-state index contributed by atoms with van der Waals surface area (Å²) in [5, 5.41) is 0. The first-order chi connectivity index (χ1) is 14.6. The molecule has 0 bridgehead atoms. The second-order valence-corrected chi connectivity index (χ2v) is 11.1. The van der Waals surface area contributed by atoms with Gasteiger partial charge >= 0.3 is 0 Å². The summed E-state index contributed by atoms with van der Waals surface area (Å²) in [6.07, 6.45) is 3.50. The van der Waals surface area contributed by atoms with Crippen molar-refractivity contribution in [2.75, 3.05) is 12.8 Å². The Morgan fingerprint density at radius 1 is 1.19 bits per heavy atom. The molecule has 0 unspecified atom stereocenters. The third-order valence-electron chi connectivity index (χ3n) is 6.50. The van der Waals surface area contributed by atoms with Crippen LogP contribution >= 0.6 is 0 Å². The molecule has 1 N–H and O–H groups in total. The topological polar surface area (TPSA) is 66.5 Å². The number of carbonyl (C=O) groups is 1. The molecule has 0 aromatic heterocycles. The van der Waals surface area contributed by atoms with Gasteiger partial charge in [-0.05, 0) is 36.5 Å². The second-order valence-electron chi connectivity index (χ2n) is 9.30. The van der Waals surface area contributed by atoms with Crippen LogP contribution in [-0.2, 0) is 21.2 Å². The number of carbonyl (C=O) groups excluding carboxylic acids is 1. The Labute approximate surface area is 183 Å². The number of nitrogens with zero attached hydrogens (tertiary/aromatic N) is 1. The van der Waals surface area contributed by atoms with E-state index in [2.05, 4.69) is 4.72 Å². The van der Waals surface area contributed by atoms with Crippen molar-refractivity contribution in [2.45, 2.75) is 45.2 Å². The van der Waals surface area contributed by atoms with Gasteiger partial charge < -0.3 is 4.90 Å². The fourth-order valence-electron chi connectivity index (χ4n) is 4.81. The summed E-state index contributed by atoms with van der Waals surface area (Å²) < 4.78 is 41.4. The van der Waals surface area contributed by atoms with Gasteiger partial charge in [0.05, 0.1) is 12.3 Å². The zero-order chi connectivity index (χ0) is 22.4. The van der Waals surface area contributed by atoms with Gasteiger partial charge in [-0.3, -0.25) is 4.79 Å². The Morgan fingerprint density at radius 2 is 1.90 bits per heavy atom. The van der Waals surface area contributed by atoms with Crippen molar-refractivity contribution in [3.05, 3.63) is 59.9 Å². The van der Waals surface area contributed by atoms with Gasteiger partial charge in [-0.25, -0.2) is 17.5 Å². The van der Waals surface area contributed by atoms with Crippen LogP contribution in [0.1, 0.15) is 32.3 Å². The molecule has 2 aromatic carbocycles. The van der Waals surface area contributed by atoms with Gasteiger partial charge in [-0.1, -0.05) is 56.3 Å². The van der Waals surface area contributed by atoms with Crippen LogP contribution in [0.4, 0.5) is 4.39 Å². The van der Waals surface area contributed by atoms with E-state index in [1.54, 1.807) is 18.2 Å². The molecule has 7 heteroatoms. The summed E-state index contributed by atoms with van der Waals surface area (Å²) in [7, 11) is -3.43. The number of sulfonamides is 1. The van der Waals surface area contributed by atoms with E-state index in [-0.39, 0.29) is 35.1 Å². The maximum Gasteiger partial charge on any atom is 0.225 e. The molecule has 166 valence electrons. The van der Waals surface area contributed by atoms with Crippen LogP contribution in [0.3, 0.4) is 0 Å². The Hall–Kier alpha value is -2.25. The number of hydrogen-bond acceptors (Lipinski definition) is 3. The summed E-state index contributed by atoms with van der Waals surface area (Å²) >= 11 is 0. The van der Waals surface area contributed by atoms with Crippen molar-refractivity contribution in [2.24, 2.45) is 11.3 Å². The SMILES string of the molecule is CC(C)C(=O)N1CC2(CC2)[C@H](NS(C)(=O)=O)[C@@H]1Cc1cccc(-c2ccccc2F)c1. The lowest BCUT2D eigenvalue weighted by atomic mass is 9.91. The van der Waals surface area contributed by atoms with Crippen molar-refractivity contribution in [1.29, 1.82) is 0 Å². The number of benzene rings is 2. The third-order valence-corrected chi connectivity index (χ3v) is 7.18. The van der Waals surface area contributed by atoms with E-state index in [1.165, 1.54) is 12.3 Å². The van der Waals surface area contributed by atoms with Crippen LogP contribution in [0, 0.1) is 17.2 Å². The number of rotatable bonds is 6. The van der Waals surface area contributed by atoms with Gasteiger partial charge in [-0.15, -0.1) is 0 Å². The average Bonchev–Trinajstić information content (AvgIpc) is 3.43. The summed E-state index contributed by atoms with van der Waals surface area (Å²) in [5.74, 6) is -0.412. The lowest BCUT2D eigenvalue weighted by Crippen LogP contribution is -2.50. The van der Waals surface area contributed by atoms with Crippen LogP contribution < -0.4 is 4.72 Å². The first kappa shape index (κ1) is 22.0. The van der Waals surface area contributed by atoms with Gasteiger partial charge in [0.15, 0.2) is 0 Å². The van der Waals surface area contributed by atoms with Gasteiger partial charge in [0.2, 0.25) is 15.9 Å². The van der Waals surface area contributed by atoms with Crippen LogP contribution in [0.15, 0.2) is 48.5 Å². The monoisotopic (exact) mass is 444 g/mol. The highest BCUT2D eigenvalue weighted by Gasteiger charge is 2.61. The standard InChI is InChI=1S/C24H29FN2O3S/c1-16(2)23(28)27-15-24(11-12-24)22(26-31(3,29)30)21(27)14-17-7-6-8-18(13-17)19-9-4-5-10-20(19)25/h4-10,13,16,21-22,26H,11-12,14-15H2,1-3H3/t21-,22+/m0/s1. The van der Waals surface area contributed by atoms with Crippen molar-refractivity contribution < 1.29 is 17.6 Å². The van der Waals surface area contributed by atoms with Crippen LogP contribution in [0.5, 0.6) is 0 Å². The predicted octanol–water partition coefficient (Wildman–Crippen LogP) is 3.60. The van der Waals surface area contributed by atoms with E-state index in [0.29, 0.717) is 18.5 Å². The van der Waals surface area contributed by atoms with Crippen molar-refractivity contribution >= 4 is 15.9 Å². The molecule has 31 heavy (non-hydrogen) atoms. The fraction of sp³-hybridized carbons (Fsp3) is 0.458. The molecule has 1 amide bonds. The van der Waals surface area contributed by atoms with Crippen LogP contribution in [0.25, 0.3) is 11.1 Å². The minimum Gasteiger partial charge on any atom is -0.337 e. The number of nitrogens with one attached hydrogen (secondary N) is 1. The fourth-order valence-corrected chi connectivity index (χ4v) is 5.68. The van der Waals surface area contributed by atoms with Gasteiger partial charge in [-0.2, -0.15) is 0 Å². The first-order valence-corrected chi connectivity index (χ1v) is 12.6. The summed E-state index contributed by atoms with van der Waals surface area (Å²) in [6, 6.07) is 13.7. The summed E-state index contributed by atoms with van der Waals surface area (Å²) in [6.45, 7) is 4.32. The van der Waals surface area contributed by atoms with Crippen LogP contribution in [-0.4, -0.2) is 44.1 Å². The molecular formula is C24H29FN2O3S. The van der Waals surface area contributed by atoms with Crippen molar-refractivity contribution in [3.63, 3.8) is 0 Å². The molecule has 0 radical (unpaired) electrons. The lowest BCUT2D eigenvalue weighted by Gasteiger charge is -2.30. The molecule has 1 heterocycles. The van der Waals surface area contributed by atoms with Crippen LogP contribution in [0.2, 0.25) is 0 Å². The quantitative estimate of drug-likeness (QED) is 0.740. The minimum atomic E-state index is -3.43. The van der Waals surface area contributed by atoms with E-state index in [1.807, 2.05) is 43.0 Å². The maximum absolute atomic E-state index is 14.3. The predicted molar refractivity (Wildman–Crippen MR) is 119 cm³/mol. The molecule has 2 atom stereocenters. The number of likely N-dealkylation sites (tertiary alicyclic amines) is 1. The molecule has 1 saturated carbocycles. The lowest BCUT2D eigenvalue weighted by molar-refractivity contribution is -0.135. The van der Waals surface area contributed by atoms with E-state index in [9.17, 15) is 17.6 Å². The second kappa shape index (κ2) is 8.02. The molecule has 4 rings (SSSR count). The Bertz CT molecular complexity index is 1100. The molecule has 2 fully saturated rings. The Morgan fingerprint density at radius 3 is 2.52 bits per heavy atom. The van der Waals surface area contributed by atoms with E-state index >= 15 is 0 Å². The van der Waals surface area contributed by atoms with Gasteiger partial charge in [0.25, 0.3) is 0 Å². The zero-order valence-corrected chi connectivity index (χ0v) is 19.0. The molecule has 1 saturated heterocycles. The normalized spacial score (nSPS) is 22.3. The van der Waals surface area contributed by atoms with Crippen molar-refractivity contribution in [3.8, 4) is 11.1 Å². The Balaban J connectivity index is 1.68. The highest BCUT2D eigenvalue weighted by Crippen LogP contribution is 2.55. The number of amides is 1. The van der Waals surface area contributed by atoms with E-state index in [0.717, 1.165) is 24.0 Å². The van der Waals surface area contributed by atoms with Crippen molar-refractivity contribution in [1.82, 2.24) is 9.62 Å². The largest absolute Gasteiger partial charge is 0.337 e. The molecule has 2 aromatic rings. The molecule has 1 spiro atoms.